The number of hydrogen-bond acceptors (Lipinski definition) is 2. The first-order chi connectivity index (χ1) is 10.7. The first-order valence-electron chi connectivity index (χ1n) is 8.47. The maximum Gasteiger partial charge on any atom is 0.223 e. The van der Waals surface area contributed by atoms with Crippen LogP contribution in [-0.4, -0.2) is 29.9 Å². The van der Waals surface area contributed by atoms with Crippen LogP contribution in [0.3, 0.4) is 0 Å². The molecule has 2 aliphatic rings. The van der Waals surface area contributed by atoms with Crippen molar-refractivity contribution in [1.29, 1.82) is 0 Å². The van der Waals surface area contributed by atoms with Gasteiger partial charge in [0.25, 0.3) is 0 Å². The third kappa shape index (κ3) is 5.18. The third-order valence-corrected chi connectivity index (χ3v) is 4.83. The average Bonchev–Trinajstić information content (AvgIpc) is 3.37. The Morgan fingerprint density at radius 2 is 1.87 bits per heavy atom. The van der Waals surface area contributed by atoms with Gasteiger partial charge in [0.05, 0.1) is 0 Å². The highest BCUT2D eigenvalue weighted by atomic mass is 35.5. The number of rotatable bonds is 6. The molecular weight excluding hydrogens is 315 g/mol. The van der Waals surface area contributed by atoms with Gasteiger partial charge in [0.15, 0.2) is 0 Å². The van der Waals surface area contributed by atoms with Gasteiger partial charge in [0.2, 0.25) is 5.91 Å². The van der Waals surface area contributed by atoms with Crippen LogP contribution in [0.25, 0.3) is 0 Å². The van der Waals surface area contributed by atoms with Crippen molar-refractivity contribution in [2.24, 2.45) is 5.92 Å². The number of carbonyl (C=O) groups excluding carboxylic acids is 1. The molecule has 3 rings (SSSR count). The Balaban J connectivity index is 0.00000192. The number of hydrogen-bond donors (Lipinski definition) is 1. The fourth-order valence-electron chi connectivity index (χ4n) is 3.26. The quantitative estimate of drug-likeness (QED) is 0.859. The molecule has 2 fully saturated rings. The molecule has 0 unspecified atom stereocenters. The van der Waals surface area contributed by atoms with Crippen LogP contribution in [0.15, 0.2) is 24.3 Å². The molecule has 0 aromatic heterocycles. The van der Waals surface area contributed by atoms with Crippen molar-refractivity contribution in [3.8, 4) is 0 Å². The number of piperidine rings is 1. The van der Waals surface area contributed by atoms with E-state index in [0.29, 0.717) is 30.5 Å². The fourth-order valence-corrected chi connectivity index (χ4v) is 3.26. The summed E-state index contributed by atoms with van der Waals surface area (Å²) in [5.41, 5.74) is 0.629. The van der Waals surface area contributed by atoms with Gasteiger partial charge < -0.3 is 10.2 Å². The number of halogens is 2. The molecule has 0 spiro atoms. The van der Waals surface area contributed by atoms with Crippen LogP contribution in [0, 0.1) is 11.7 Å². The van der Waals surface area contributed by atoms with Gasteiger partial charge in [-0.1, -0.05) is 18.2 Å². The number of carbonyl (C=O) groups is 1. The van der Waals surface area contributed by atoms with Crippen molar-refractivity contribution in [2.45, 2.75) is 51.1 Å². The van der Waals surface area contributed by atoms with Gasteiger partial charge in [0, 0.05) is 24.6 Å². The number of nitrogens with one attached hydrogen (secondary N) is 1. The Kier molecular flexibility index (Phi) is 6.85. The minimum atomic E-state index is -0.209. The van der Waals surface area contributed by atoms with Crippen LogP contribution >= 0.6 is 12.4 Å². The lowest BCUT2D eigenvalue weighted by molar-refractivity contribution is -0.132. The Morgan fingerprint density at radius 3 is 2.52 bits per heavy atom. The topological polar surface area (TPSA) is 32.3 Å². The van der Waals surface area contributed by atoms with E-state index in [1.54, 1.807) is 12.1 Å². The van der Waals surface area contributed by atoms with Crippen LogP contribution in [0.4, 0.5) is 4.39 Å². The summed E-state index contributed by atoms with van der Waals surface area (Å²) < 4.78 is 13.8. The predicted octanol–water partition coefficient (Wildman–Crippen LogP) is 3.52. The van der Waals surface area contributed by atoms with Gasteiger partial charge in [-0.15, -0.1) is 12.4 Å². The first-order valence-corrected chi connectivity index (χ1v) is 8.47. The number of benzene rings is 1. The zero-order valence-corrected chi connectivity index (χ0v) is 14.3. The highest BCUT2D eigenvalue weighted by molar-refractivity contribution is 5.85. The smallest absolute Gasteiger partial charge is 0.223 e. The van der Waals surface area contributed by atoms with Gasteiger partial charge >= 0.3 is 0 Å². The van der Waals surface area contributed by atoms with Crippen LogP contribution in [-0.2, 0) is 11.3 Å². The Bertz CT molecular complexity index is 515. The Hall–Kier alpha value is -1.13. The second-order valence-electron chi connectivity index (χ2n) is 6.58. The molecule has 23 heavy (non-hydrogen) atoms. The third-order valence-electron chi connectivity index (χ3n) is 4.83. The van der Waals surface area contributed by atoms with Crippen LogP contribution in [0.1, 0.15) is 44.1 Å². The van der Waals surface area contributed by atoms with Crippen molar-refractivity contribution in [1.82, 2.24) is 10.2 Å². The Morgan fingerprint density at radius 1 is 1.17 bits per heavy atom. The standard InChI is InChI=1S/C18H25FN2O.ClH/c19-17-4-2-1-3-15(17)13-21(16-6-7-16)18(22)8-5-14-9-11-20-12-10-14;/h1-4,14,16,20H,5-13H2;1H. The van der Waals surface area contributed by atoms with Gasteiger partial charge in [-0.05, 0) is 57.2 Å². The molecule has 5 heteroatoms. The maximum absolute atomic E-state index is 13.8. The minimum Gasteiger partial charge on any atom is -0.335 e. The molecule has 3 nitrogen and oxygen atoms in total. The molecule has 1 aliphatic heterocycles. The molecule has 0 atom stereocenters. The summed E-state index contributed by atoms with van der Waals surface area (Å²) >= 11 is 0. The summed E-state index contributed by atoms with van der Waals surface area (Å²) in [6, 6.07) is 7.12. The molecule has 1 heterocycles. The summed E-state index contributed by atoms with van der Waals surface area (Å²) in [5, 5.41) is 3.36. The van der Waals surface area contributed by atoms with Crippen molar-refractivity contribution >= 4 is 18.3 Å². The lowest BCUT2D eigenvalue weighted by Gasteiger charge is -2.26. The molecule has 0 radical (unpaired) electrons. The highest BCUT2D eigenvalue weighted by Crippen LogP contribution is 2.30. The highest BCUT2D eigenvalue weighted by Gasteiger charge is 2.33. The van der Waals surface area contributed by atoms with Crippen molar-refractivity contribution in [3.63, 3.8) is 0 Å². The number of nitrogens with zero attached hydrogens (tertiary/aromatic N) is 1. The van der Waals surface area contributed by atoms with Crippen LogP contribution in [0.2, 0.25) is 0 Å². The van der Waals surface area contributed by atoms with Crippen LogP contribution in [0.5, 0.6) is 0 Å². The van der Waals surface area contributed by atoms with Gasteiger partial charge in [-0.25, -0.2) is 4.39 Å². The van der Waals surface area contributed by atoms with E-state index >= 15 is 0 Å². The van der Waals surface area contributed by atoms with E-state index in [1.807, 2.05) is 11.0 Å². The van der Waals surface area contributed by atoms with E-state index < -0.39 is 0 Å². The van der Waals surface area contributed by atoms with E-state index in [0.717, 1.165) is 32.4 Å². The zero-order valence-electron chi connectivity index (χ0n) is 13.5. The van der Waals surface area contributed by atoms with Gasteiger partial charge in [-0.3, -0.25) is 4.79 Å². The summed E-state index contributed by atoms with van der Waals surface area (Å²) in [5.74, 6) is 0.656. The second kappa shape index (κ2) is 8.65. The summed E-state index contributed by atoms with van der Waals surface area (Å²) in [7, 11) is 0. The van der Waals surface area contributed by atoms with Crippen molar-refractivity contribution in [2.75, 3.05) is 13.1 Å². The normalized spacial score (nSPS) is 18.3. The molecule has 1 aromatic rings. The molecule has 0 bridgehead atoms. The molecule has 1 N–H and O–H groups in total. The van der Waals surface area contributed by atoms with E-state index in [2.05, 4.69) is 5.32 Å². The summed E-state index contributed by atoms with van der Waals surface area (Å²) in [6.07, 6.45) is 6.05. The molecule has 1 aliphatic carbocycles. The molecule has 128 valence electrons. The molecule has 1 amide bonds. The van der Waals surface area contributed by atoms with Crippen molar-refractivity contribution < 1.29 is 9.18 Å². The van der Waals surface area contributed by atoms with E-state index in [9.17, 15) is 9.18 Å². The lowest BCUT2D eigenvalue weighted by Crippen LogP contribution is -2.34. The average molecular weight is 341 g/mol. The minimum absolute atomic E-state index is 0. The summed E-state index contributed by atoms with van der Waals surface area (Å²) in [4.78, 5) is 14.5. The number of amides is 1. The Labute approximate surface area is 144 Å². The van der Waals surface area contributed by atoms with E-state index in [4.69, 9.17) is 0 Å². The van der Waals surface area contributed by atoms with Crippen molar-refractivity contribution in [3.05, 3.63) is 35.6 Å². The molecule has 1 aromatic carbocycles. The molecule has 1 saturated carbocycles. The SMILES string of the molecule is Cl.O=C(CCC1CCNCC1)N(Cc1ccccc1F)C1CC1. The molecular formula is C18H26ClFN2O. The van der Waals surface area contributed by atoms with Gasteiger partial charge in [-0.2, -0.15) is 0 Å². The molecule has 1 saturated heterocycles. The summed E-state index contributed by atoms with van der Waals surface area (Å²) in [6.45, 7) is 2.56. The van der Waals surface area contributed by atoms with Crippen LogP contribution < -0.4 is 5.32 Å². The monoisotopic (exact) mass is 340 g/mol. The predicted molar refractivity (Wildman–Crippen MR) is 92.0 cm³/mol. The zero-order chi connectivity index (χ0) is 15.4. The first kappa shape index (κ1) is 18.2. The van der Waals surface area contributed by atoms with E-state index in [1.165, 1.54) is 18.9 Å². The maximum atomic E-state index is 13.8. The fraction of sp³-hybridized carbons (Fsp3) is 0.611. The van der Waals surface area contributed by atoms with Gasteiger partial charge in [0.1, 0.15) is 5.82 Å². The lowest BCUT2D eigenvalue weighted by atomic mass is 9.93. The second-order valence-corrected chi connectivity index (χ2v) is 6.58. The van der Waals surface area contributed by atoms with E-state index in [-0.39, 0.29) is 24.1 Å². The largest absolute Gasteiger partial charge is 0.335 e.